The molecule has 3 nitrogen and oxygen atoms in total. The first-order chi connectivity index (χ1) is 15.6. The van der Waals surface area contributed by atoms with Gasteiger partial charge in [0.25, 0.3) is 6.08 Å². The minimum atomic E-state index is -5.09. The SMILES string of the molecule is CCOc1ccc(C(=O)Cc2ccc(-c3ccc(C=C(F)F)cc3)cn2)c(C(F)(F)F)c1F. The van der Waals surface area contributed by atoms with E-state index in [2.05, 4.69) is 4.98 Å². The molecular formula is C24H17F6NO2. The lowest BCUT2D eigenvalue weighted by Gasteiger charge is -2.15. The molecule has 0 aliphatic carbocycles. The average Bonchev–Trinajstić information content (AvgIpc) is 2.75. The molecule has 0 unspecified atom stereocenters. The molecule has 2 aromatic carbocycles. The van der Waals surface area contributed by atoms with Gasteiger partial charge in [0.05, 0.1) is 13.0 Å². The van der Waals surface area contributed by atoms with E-state index in [-0.39, 0.29) is 12.3 Å². The Hall–Kier alpha value is -3.62. The molecule has 33 heavy (non-hydrogen) atoms. The number of pyridine rings is 1. The molecule has 0 bridgehead atoms. The number of hydrogen-bond donors (Lipinski definition) is 0. The van der Waals surface area contributed by atoms with Crippen LogP contribution in [0.4, 0.5) is 26.3 Å². The summed E-state index contributed by atoms with van der Waals surface area (Å²) in [6.45, 7) is 1.46. The van der Waals surface area contributed by atoms with Crippen molar-refractivity contribution in [3.63, 3.8) is 0 Å². The molecule has 0 atom stereocenters. The van der Waals surface area contributed by atoms with Crippen molar-refractivity contribution in [1.29, 1.82) is 0 Å². The van der Waals surface area contributed by atoms with Crippen LogP contribution in [0.25, 0.3) is 17.2 Å². The molecule has 3 rings (SSSR count). The highest BCUT2D eigenvalue weighted by Gasteiger charge is 2.40. The second-order valence-electron chi connectivity index (χ2n) is 6.93. The van der Waals surface area contributed by atoms with Crippen molar-refractivity contribution in [2.75, 3.05) is 6.61 Å². The number of hydrogen-bond acceptors (Lipinski definition) is 3. The van der Waals surface area contributed by atoms with Crippen LogP contribution in [0.3, 0.4) is 0 Å². The Labute approximate surface area is 185 Å². The van der Waals surface area contributed by atoms with E-state index in [9.17, 15) is 31.1 Å². The van der Waals surface area contributed by atoms with E-state index < -0.39 is 47.2 Å². The van der Waals surface area contributed by atoms with Crippen LogP contribution in [0.2, 0.25) is 0 Å². The second-order valence-corrected chi connectivity index (χ2v) is 6.93. The van der Waals surface area contributed by atoms with Gasteiger partial charge in [-0.15, -0.1) is 0 Å². The number of alkyl halides is 3. The van der Waals surface area contributed by atoms with Gasteiger partial charge in [0.2, 0.25) is 0 Å². The van der Waals surface area contributed by atoms with Gasteiger partial charge in [0.15, 0.2) is 17.3 Å². The molecule has 172 valence electrons. The first-order valence-corrected chi connectivity index (χ1v) is 9.74. The van der Waals surface area contributed by atoms with Crippen molar-refractivity contribution < 1.29 is 35.9 Å². The van der Waals surface area contributed by atoms with Crippen LogP contribution in [0.15, 0.2) is 60.8 Å². The average molecular weight is 465 g/mol. The van der Waals surface area contributed by atoms with Gasteiger partial charge in [0, 0.05) is 29.1 Å². The van der Waals surface area contributed by atoms with Crippen molar-refractivity contribution in [1.82, 2.24) is 4.98 Å². The van der Waals surface area contributed by atoms with Gasteiger partial charge in [-0.1, -0.05) is 30.3 Å². The van der Waals surface area contributed by atoms with E-state index >= 15 is 0 Å². The fourth-order valence-corrected chi connectivity index (χ4v) is 3.19. The molecule has 0 N–H and O–H groups in total. The van der Waals surface area contributed by atoms with Crippen LogP contribution in [0.1, 0.15) is 34.1 Å². The molecule has 0 aliphatic rings. The Kier molecular flexibility index (Phi) is 7.20. The molecule has 0 fully saturated rings. The van der Waals surface area contributed by atoms with Crippen LogP contribution in [0, 0.1) is 5.82 Å². The number of carbonyl (C=O) groups is 1. The summed E-state index contributed by atoms with van der Waals surface area (Å²) in [7, 11) is 0. The van der Waals surface area contributed by atoms with Crippen molar-refractivity contribution in [3.05, 3.63) is 89.0 Å². The predicted octanol–water partition coefficient (Wildman–Crippen LogP) is 6.97. The molecule has 0 saturated heterocycles. The zero-order valence-electron chi connectivity index (χ0n) is 17.2. The summed E-state index contributed by atoms with van der Waals surface area (Å²) in [5, 5.41) is 0. The molecule has 1 heterocycles. The Morgan fingerprint density at radius 1 is 1.00 bits per heavy atom. The summed E-state index contributed by atoms with van der Waals surface area (Å²) in [5.41, 5.74) is -0.690. The highest BCUT2D eigenvalue weighted by Crippen LogP contribution is 2.38. The quantitative estimate of drug-likeness (QED) is 0.280. The van der Waals surface area contributed by atoms with Crippen LogP contribution < -0.4 is 4.74 Å². The number of ether oxygens (including phenoxy) is 1. The number of ketones is 1. The molecule has 0 spiro atoms. The number of aromatic nitrogens is 1. The van der Waals surface area contributed by atoms with E-state index in [0.717, 1.165) is 18.2 Å². The number of Topliss-reactive ketones (excluding diaryl/α,β-unsaturated/α-hetero) is 1. The molecule has 3 aromatic rings. The summed E-state index contributed by atoms with van der Waals surface area (Å²) in [6.07, 6.45) is -5.26. The number of benzene rings is 2. The van der Waals surface area contributed by atoms with E-state index in [1.54, 1.807) is 18.2 Å². The second kappa shape index (κ2) is 9.89. The van der Waals surface area contributed by atoms with E-state index in [1.807, 2.05) is 0 Å². The van der Waals surface area contributed by atoms with Crippen LogP contribution in [-0.2, 0) is 12.6 Å². The molecule has 0 aliphatic heterocycles. The summed E-state index contributed by atoms with van der Waals surface area (Å²) >= 11 is 0. The maximum atomic E-state index is 14.4. The summed E-state index contributed by atoms with van der Waals surface area (Å²) in [5.74, 6) is -3.17. The number of nitrogens with zero attached hydrogens (tertiary/aromatic N) is 1. The topological polar surface area (TPSA) is 39.2 Å². The van der Waals surface area contributed by atoms with Gasteiger partial charge in [-0.25, -0.2) is 4.39 Å². The minimum Gasteiger partial charge on any atom is -0.491 e. The smallest absolute Gasteiger partial charge is 0.420 e. The predicted molar refractivity (Wildman–Crippen MR) is 110 cm³/mol. The Morgan fingerprint density at radius 2 is 1.67 bits per heavy atom. The minimum absolute atomic E-state index is 0.0378. The zero-order chi connectivity index (χ0) is 24.2. The number of carbonyl (C=O) groups excluding carboxylic acids is 1. The normalized spacial score (nSPS) is 11.2. The molecule has 9 heteroatoms. The van der Waals surface area contributed by atoms with Gasteiger partial charge in [0.1, 0.15) is 5.56 Å². The van der Waals surface area contributed by atoms with E-state index in [0.29, 0.717) is 16.7 Å². The summed E-state index contributed by atoms with van der Waals surface area (Å²) in [6, 6.07) is 11.1. The Bertz CT molecular complexity index is 1170. The monoisotopic (exact) mass is 465 g/mol. The van der Waals surface area contributed by atoms with Crippen LogP contribution in [-0.4, -0.2) is 17.4 Å². The van der Waals surface area contributed by atoms with Gasteiger partial charge < -0.3 is 4.74 Å². The third kappa shape index (κ3) is 5.79. The third-order valence-corrected chi connectivity index (χ3v) is 4.68. The van der Waals surface area contributed by atoms with Gasteiger partial charge in [-0.2, -0.15) is 22.0 Å². The lowest BCUT2D eigenvalue weighted by atomic mass is 9.98. The molecule has 0 radical (unpaired) electrons. The van der Waals surface area contributed by atoms with Crippen LogP contribution >= 0.6 is 0 Å². The third-order valence-electron chi connectivity index (χ3n) is 4.68. The fraction of sp³-hybridized carbons (Fsp3) is 0.167. The van der Waals surface area contributed by atoms with Crippen molar-refractivity contribution in [2.45, 2.75) is 19.5 Å². The first kappa shape index (κ1) is 24.0. The Balaban J connectivity index is 1.83. The van der Waals surface area contributed by atoms with Gasteiger partial charge in [-0.05, 0) is 36.2 Å². The summed E-state index contributed by atoms with van der Waals surface area (Å²) in [4.78, 5) is 16.7. The summed E-state index contributed by atoms with van der Waals surface area (Å²) < 4.78 is 84.3. The van der Waals surface area contributed by atoms with Crippen molar-refractivity contribution in [2.24, 2.45) is 0 Å². The number of halogens is 6. The lowest BCUT2D eigenvalue weighted by molar-refractivity contribution is -0.140. The molecule has 0 saturated carbocycles. The fourth-order valence-electron chi connectivity index (χ4n) is 3.19. The van der Waals surface area contributed by atoms with Gasteiger partial charge in [-0.3, -0.25) is 9.78 Å². The molecular weight excluding hydrogens is 448 g/mol. The maximum Gasteiger partial charge on any atom is 0.420 e. The highest BCUT2D eigenvalue weighted by atomic mass is 19.4. The van der Waals surface area contributed by atoms with Gasteiger partial charge >= 0.3 is 6.18 Å². The lowest BCUT2D eigenvalue weighted by Crippen LogP contribution is -2.18. The Morgan fingerprint density at radius 3 is 2.21 bits per heavy atom. The van der Waals surface area contributed by atoms with E-state index in [4.69, 9.17) is 4.74 Å². The maximum absolute atomic E-state index is 14.4. The molecule has 0 amide bonds. The number of rotatable bonds is 7. The first-order valence-electron chi connectivity index (χ1n) is 9.74. The van der Waals surface area contributed by atoms with Crippen molar-refractivity contribution in [3.8, 4) is 16.9 Å². The largest absolute Gasteiger partial charge is 0.491 e. The van der Waals surface area contributed by atoms with Crippen LogP contribution in [0.5, 0.6) is 5.75 Å². The standard InChI is InChI=1S/C24H17F6NO2/c1-2-33-20-10-9-18(22(23(20)27)24(28,29)30)19(32)12-17-8-7-16(13-31-17)15-5-3-14(4-6-15)11-21(25)26/h3-11,13H,2,12H2,1H3. The van der Waals surface area contributed by atoms with Crippen molar-refractivity contribution >= 4 is 11.9 Å². The van der Waals surface area contributed by atoms with E-state index in [1.165, 1.54) is 31.3 Å². The highest BCUT2D eigenvalue weighted by molar-refractivity contribution is 5.99. The molecule has 1 aromatic heterocycles. The zero-order valence-corrected chi connectivity index (χ0v) is 17.2.